The molecule has 0 radical (unpaired) electrons. The predicted molar refractivity (Wildman–Crippen MR) is 106 cm³/mol. The Bertz CT molecular complexity index is 1160. The zero-order chi connectivity index (χ0) is 23.6. The van der Waals surface area contributed by atoms with E-state index in [1.165, 1.54) is 22.9 Å². The molecule has 0 unspecified atom stereocenters. The van der Waals surface area contributed by atoms with Crippen molar-refractivity contribution in [3.63, 3.8) is 0 Å². The second-order valence-corrected chi connectivity index (χ2v) is 7.13. The van der Waals surface area contributed by atoms with E-state index in [1.807, 2.05) is 0 Å². The predicted octanol–water partition coefficient (Wildman–Crippen LogP) is 3.90. The molecular formula is C21H16F3N3O6. The van der Waals surface area contributed by atoms with Crippen molar-refractivity contribution in [2.24, 2.45) is 0 Å². The first-order valence-corrected chi connectivity index (χ1v) is 9.63. The third-order valence-corrected chi connectivity index (χ3v) is 4.76. The van der Waals surface area contributed by atoms with E-state index < -0.39 is 17.0 Å². The highest BCUT2D eigenvalue weighted by Crippen LogP contribution is 2.24. The molecule has 0 amide bonds. The van der Waals surface area contributed by atoms with Gasteiger partial charge in [-0.3, -0.25) is 9.36 Å². The van der Waals surface area contributed by atoms with Crippen LogP contribution in [0.1, 0.15) is 21.5 Å². The number of nitrogens with zero attached hydrogens (tertiary/aromatic N) is 3. The summed E-state index contributed by atoms with van der Waals surface area (Å²) in [4.78, 5) is 26.5. The lowest BCUT2D eigenvalue weighted by molar-refractivity contribution is -0.389. The molecule has 172 valence electrons. The molecule has 0 N–H and O–H groups in total. The molecule has 1 aromatic heterocycles. The average Bonchev–Trinajstić information content (AvgIpc) is 3.21. The summed E-state index contributed by atoms with van der Waals surface area (Å²) in [5, 5.41) is 10.8. The lowest BCUT2D eigenvalue weighted by atomic mass is 10.0. The molecule has 1 aliphatic heterocycles. The first-order chi connectivity index (χ1) is 15.7. The molecule has 1 atom stereocenters. The quantitative estimate of drug-likeness (QED) is 0.297. The Morgan fingerprint density at radius 3 is 2.39 bits per heavy atom. The number of fused-ring (bicyclic) bond motifs is 1. The van der Waals surface area contributed by atoms with Crippen LogP contribution in [0, 0.1) is 10.1 Å². The number of halogens is 3. The highest BCUT2D eigenvalue weighted by Gasteiger charge is 2.31. The molecule has 12 heteroatoms. The van der Waals surface area contributed by atoms with Gasteiger partial charge < -0.3 is 24.3 Å². The van der Waals surface area contributed by atoms with Crippen LogP contribution in [-0.4, -0.2) is 39.3 Å². The molecule has 4 rings (SSSR count). The lowest BCUT2D eigenvalue weighted by Crippen LogP contribution is -2.32. The van der Waals surface area contributed by atoms with Crippen molar-refractivity contribution in [3.8, 4) is 11.8 Å². The van der Waals surface area contributed by atoms with E-state index in [-0.39, 0.29) is 42.5 Å². The monoisotopic (exact) mass is 463 g/mol. The number of aromatic nitrogens is 2. The molecule has 0 bridgehead atoms. The summed E-state index contributed by atoms with van der Waals surface area (Å²) in [6.45, 7) is 0.762. The summed E-state index contributed by atoms with van der Waals surface area (Å²) < 4.78 is 53.2. The Hall–Kier alpha value is -3.93. The number of hydrogen-bond acceptors (Lipinski definition) is 7. The Morgan fingerprint density at radius 2 is 1.79 bits per heavy atom. The minimum atomic E-state index is -4.80. The van der Waals surface area contributed by atoms with Crippen LogP contribution < -0.4 is 9.47 Å². The van der Waals surface area contributed by atoms with Crippen molar-refractivity contribution in [2.45, 2.75) is 25.6 Å². The maximum Gasteiger partial charge on any atom is 0.573 e. The van der Waals surface area contributed by atoms with Gasteiger partial charge in [-0.05, 0) is 34.8 Å². The van der Waals surface area contributed by atoms with Crippen LogP contribution >= 0.6 is 0 Å². The van der Waals surface area contributed by atoms with Gasteiger partial charge in [0.1, 0.15) is 24.7 Å². The van der Waals surface area contributed by atoms with Gasteiger partial charge in [0.15, 0.2) is 5.78 Å². The average molecular weight is 463 g/mol. The number of imidazole rings is 1. The van der Waals surface area contributed by atoms with Gasteiger partial charge in [0.25, 0.3) is 0 Å². The first kappa shape index (κ1) is 22.3. The molecule has 1 aliphatic rings. The van der Waals surface area contributed by atoms with Gasteiger partial charge in [-0.2, -0.15) is 0 Å². The highest BCUT2D eigenvalue weighted by molar-refractivity contribution is 6.09. The minimum Gasteiger partial charge on any atom is -0.443 e. The Labute approximate surface area is 184 Å². The van der Waals surface area contributed by atoms with Crippen molar-refractivity contribution in [1.29, 1.82) is 0 Å². The van der Waals surface area contributed by atoms with Crippen LogP contribution in [0.25, 0.3) is 0 Å². The number of hydrogen-bond donors (Lipinski definition) is 0. The van der Waals surface area contributed by atoms with Crippen molar-refractivity contribution in [3.05, 3.63) is 81.5 Å². The van der Waals surface area contributed by atoms with Gasteiger partial charge in [-0.15, -0.1) is 13.2 Å². The molecule has 2 aromatic carbocycles. The second-order valence-electron chi connectivity index (χ2n) is 7.13. The van der Waals surface area contributed by atoms with Crippen LogP contribution in [-0.2, 0) is 17.9 Å². The summed E-state index contributed by atoms with van der Waals surface area (Å²) >= 11 is 0. The summed E-state index contributed by atoms with van der Waals surface area (Å²) in [6, 6.07) is 11.4. The highest BCUT2D eigenvalue weighted by atomic mass is 19.4. The van der Waals surface area contributed by atoms with E-state index in [1.54, 1.807) is 24.3 Å². The van der Waals surface area contributed by atoms with E-state index in [0.29, 0.717) is 12.1 Å². The van der Waals surface area contributed by atoms with Crippen LogP contribution in [0.5, 0.6) is 11.8 Å². The number of ether oxygens (including phenoxy) is 3. The van der Waals surface area contributed by atoms with E-state index in [4.69, 9.17) is 9.47 Å². The van der Waals surface area contributed by atoms with Crippen LogP contribution in [0.15, 0.2) is 54.7 Å². The third-order valence-electron chi connectivity index (χ3n) is 4.76. The largest absolute Gasteiger partial charge is 0.573 e. The van der Waals surface area contributed by atoms with Crippen LogP contribution in [0.4, 0.5) is 19.0 Å². The van der Waals surface area contributed by atoms with Crippen molar-refractivity contribution in [1.82, 2.24) is 9.55 Å². The van der Waals surface area contributed by atoms with E-state index in [2.05, 4.69) is 9.72 Å². The summed E-state index contributed by atoms with van der Waals surface area (Å²) in [6.07, 6.45) is -3.86. The van der Waals surface area contributed by atoms with Crippen molar-refractivity contribution >= 4 is 11.6 Å². The standard InChI is InChI=1S/C21H16F3N3O6/c22-21(23,24)33-16-7-5-15(6-8-16)19(28)14-3-1-13(2-4-14)11-31-17-9-26-10-18(27(29)30)25-20(26)32-12-17/h1-8,10,17H,9,11-12H2/t17-/m0/s1. The topological polar surface area (TPSA) is 106 Å². The fourth-order valence-corrected chi connectivity index (χ4v) is 3.20. The van der Waals surface area contributed by atoms with Crippen molar-refractivity contribution < 1.29 is 37.1 Å². The number of alkyl halides is 3. The zero-order valence-electron chi connectivity index (χ0n) is 16.8. The molecule has 0 fully saturated rings. The van der Waals surface area contributed by atoms with Gasteiger partial charge in [-0.25, -0.2) is 0 Å². The lowest BCUT2D eigenvalue weighted by Gasteiger charge is -2.22. The van der Waals surface area contributed by atoms with Gasteiger partial charge in [0.2, 0.25) is 0 Å². The zero-order valence-corrected chi connectivity index (χ0v) is 16.8. The Morgan fingerprint density at radius 1 is 1.15 bits per heavy atom. The molecule has 2 heterocycles. The van der Waals surface area contributed by atoms with Gasteiger partial charge in [0.05, 0.1) is 13.2 Å². The SMILES string of the molecule is O=C(c1ccc(CO[C@@H]2COc3nc([N+](=O)[O-])cn3C2)cc1)c1ccc(OC(F)(F)F)cc1. The van der Waals surface area contributed by atoms with Crippen LogP contribution in [0.3, 0.4) is 0 Å². The maximum atomic E-state index is 12.6. The second kappa shape index (κ2) is 8.90. The summed E-state index contributed by atoms with van der Waals surface area (Å²) in [7, 11) is 0. The minimum absolute atomic E-state index is 0.169. The molecule has 33 heavy (non-hydrogen) atoms. The summed E-state index contributed by atoms with van der Waals surface area (Å²) in [5.74, 6) is -1.06. The number of carbonyl (C=O) groups is 1. The summed E-state index contributed by atoms with van der Waals surface area (Å²) in [5.41, 5.74) is 1.36. The van der Waals surface area contributed by atoms with Gasteiger partial charge in [-0.1, -0.05) is 24.3 Å². The first-order valence-electron chi connectivity index (χ1n) is 9.63. The van der Waals surface area contributed by atoms with E-state index >= 15 is 0 Å². The molecule has 3 aromatic rings. The van der Waals surface area contributed by atoms with Gasteiger partial charge in [0, 0.05) is 16.1 Å². The molecule has 0 aliphatic carbocycles. The Kier molecular flexibility index (Phi) is 6.01. The number of benzene rings is 2. The molecule has 9 nitrogen and oxygen atoms in total. The maximum absolute atomic E-state index is 12.6. The molecule has 0 spiro atoms. The fraction of sp³-hybridized carbons (Fsp3) is 0.238. The number of ketones is 1. The van der Waals surface area contributed by atoms with Gasteiger partial charge >= 0.3 is 18.2 Å². The molecule has 0 saturated heterocycles. The molecular weight excluding hydrogens is 447 g/mol. The normalized spacial score (nSPS) is 15.4. The fourth-order valence-electron chi connectivity index (χ4n) is 3.20. The Balaban J connectivity index is 1.33. The van der Waals surface area contributed by atoms with E-state index in [0.717, 1.165) is 17.7 Å². The molecule has 0 saturated carbocycles. The van der Waals surface area contributed by atoms with E-state index in [9.17, 15) is 28.1 Å². The smallest absolute Gasteiger partial charge is 0.443 e. The van der Waals surface area contributed by atoms with Crippen LogP contribution in [0.2, 0.25) is 0 Å². The third kappa shape index (κ3) is 5.47. The van der Waals surface area contributed by atoms with Crippen molar-refractivity contribution in [2.75, 3.05) is 6.61 Å². The number of rotatable bonds is 7. The number of carbonyl (C=O) groups excluding carboxylic acids is 1. The number of nitro groups is 1.